The van der Waals surface area contributed by atoms with Crippen LogP contribution in [0.15, 0.2) is 30.6 Å². The third kappa shape index (κ3) is 3.64. The van der Waals surface area contributed by atoms with E-state index in [0.717, 1.165) is 6.07 Å². The monoisotopic (exact) mass is 322 g/mol. The third-order valence-electron chi connectivity index (χ3n) is 3.72. The summed E-state index contributed by atoms with van der Waals surface area (Å²) >= 11 is 0. The van der Waals surface area contributed by atoms with Gasteiger partial charge in [-0.1, -0.05) is 0 Å². The fraction of sp³-hybridized carbons (Fsp3) is 0.400. The van der Waals surface area contributed by atoms with Gasteiger partial charge in [-0.2, -0.15) is 5.10 Å². The second kappa shape index (κ2) is 6.72. The number of hydrogen-bond acceptors (Lipinski definition) is 4. The average Bonchev–Trinajstić information content (AvgIpc) is 3.06. The molecule has 0 unspecified atom stereocenters. The van der Waals surface area contributed by atoms with Crippen LogP contribution in [0.1, 0.15) is 35.4 Å². The second-order valence-corrected chi connectivity index (χ2v) is 5.31. The quantitative estimate of drug-likeness (QED) is 0.938. The lowest BCUT2D eigenvalue weighted by Crippen LogP contribution is -2.41. The van der Waals surface area contributed by atoms with Gasteiger partial charge in [-0.05, 0) is 18.2 Å². The molecule has 0 atom stereocenters. The van der Waals surface area contributed by atoms with Crippen molar-refractivity contribution in [2.75, 3.05) is 13.1 Å². The standard InChI is InChI=1S/C15H16F2N4O2/c16-14(17)12-8-13(20-19-12)15(22)21-6-3-10(4-7-21)23-11-2-1-5-18-9-11/h1-2,5,8-10,14H,3-4,6-7H2,(H,19,20). The summed E-state index contributed by atoms with van der Waals surface area (Å²) in [6.07, 6.45) is 2.01. The molecule has 2 aromatic rings. The topological polar surface area (TPSA) is 71.1 Å². The Kier molecular flexibility index (Phi) is 4.50. The van der Waals surface area contributed by atoms with E-state index >= 15 is 0 Å². The Morgan fingerprint density at radius 2 is 2.17 bits per heavy atom. The van der Waals surface area contributed by atoms with Crippen LogP contribution in [-0.2, 0) is 0 Å². The molecule has 1 saturated heterocycles. The van der Waals surface area contributed by atoms with Crippen molar-refractivity contribution in [3.63, 3.8) is 0 Å². The SMILES string of the molecule is O=C(c1cc(C(F)F)[nH]n1)N1CCC(Oc2cccnc2)CC1. The van der Waals surface area contributed by atoms with Crippen LogP contribution in [0.4, 0.5) is 8.78 Å². The maximum atomic E-state index is 12.5. The van der Waals surface area contributed by atoms with E-state index in [9.17, 15) is 13.6 Å². The van der Waals surface area contributed by atoms with Crippen molar-refractivity contribution in [3.05, 3.63) is 42.0 Å². The van der Waals surface area contributed by atoms with E-state index in [1.165, 1.54) is 0 Å². The molecule has 6 nitrogen and oxygen atoms in total. The van der Waals surface area contributed by atoms with E-state index < -0.39 is 6.43 Å². The minimum atomic E-state index is -2.66. The van der Waals surface area contributed by atoms with Crippen molar-refractivity contribution >= 4 is 5.91 Å². The minimum absolute atomic E-state index is 0.0130. The van der Waals surface area contributed by atoms with Gasteiger partial charge in [0.05, 0.1) is 6.20 Å². The molecule has 8 heteroatoms. The smallest absolute Gasteiger partial charge is 0.279 e. The number of carbonyl (C=O) groups is 1. The number of alkyl halides is 2. The molecular formula is C15H16F2N4O2. The van der Waals surface area contributed by atoms with Crippen molar-refractivity contribution in [2.24, 2.45) is 0 Å². The van der Waals surface area contributed by atoms with E-state index in [1.54, 1.807) is 23.4 Å². The van der Waals surface area contributed by atoms with Gasteiger partial charge in [0.1, 0.15) is 17.5 Å². The maximum Gasteiger partial charge on any atom is 0.279 e. The van der Waals surface area contributed by atoms with Gasteiger partial charge in [-0.15, -0.1) is 0 Å². The van der Waals surface area contributed by atoms with Crippen LogP contribution in [-0.4, -0.2) is 45.2 Å². The van der Waals surface area contributed by atoms with Crippen LogP contribution in [0.25, 0.3) is 0 Å². The Morgan fingerprint density at radius 3 is 2.78 bits per heavy atom. The number of aromatic amines is 1. The zero-order chi connectivity index (χ0) is 16.2. The van der Waals surface area contributed by atoms with Crippen LogP contribution in [0.3, 0.4) is 0 Å². The van der Waals surface area contributed by atoms with Gasteiger partial charge in [0.2, 0.25) is 0 Å². The van der Waals surface area contributed by atoms with E-state index in [-0.39, 0.29) is 23.4 Å². The molecule has 0 radical (unpaired) electrons. The second-order valence-electron chi connectivity index (χ2n) is 5.31. The molecule has 2 aromatic heterocycles. The van der Waals surface area contributed by atoms with E-state index in [2.05, 4.69) is 15.2 Å². The highest BCUT2D eigenvalue weighted by molar-refractivity contribution is 5.92. The lowest BCUT2D eigenvalue weighted by molar-refractivity contribution is 0.0589. The van der Waals surface area contributed by atoms with Crippen molar-refractivity contribution in [1.29, 1.82) is 0 Å². The molecule has 0 spiro atoms. The summed E-state index contributed by atoms with van der Waals surface area (Å²) in [5.74, 6) is 0.360. The fourth-order valence-corrected chi connectivity index (χ4v) is 2.51. The van der Waals surface area contributed by atoms with Gasteiger partial charge >= 0.3 is 0 Å². The first-order chi connectivity index (χ1) is 11.1. The molecule has 23 heavy (non-hydrogen) atoms. The first kappa shape index (κ1) is 15.4. The van der Waals surface area contributed by atoms with Gasteiger partial charge in [0.25, 0.3) is 12.3 Å². The predicted molar refractivity (Wildman–Crippen MR) is 77.3 cm³/mol. The number of hydrogen-bond donors (Lipinski definition) is 1. The molecule has 1 amide bonds. The van der Waals surface area contributed by atoms with E-state index in [1.807, 2.05) is 6.07 Å². The number of rotatable bonds is 4. The molecule has 1 aliphatic heterocycles. The third-order valence-corrected chi connectivity index (χ3v) is 3.72. The number of nitrogens with zero attached hydrogens (tertiary/aromatic N) is 3. The van der Waals surface area contributed by atoms with Crippen LogP contribution in [0, 0.1) is 0 Å². The van der Waals surface area contributed by atoms with Crippen LogP contribution in [0.5, 0.6) is 5.75 Å². The Bertz CT molecular complexity index is 655. The summed E-state index contributed by atoms with van der Waals surface area (Å²) in [6, 6.07) is 4.73. The number of halogens is 2. The van der Waals surface area contributed by atoms with Gasteiger partial charge in [-0.3, -0.25) is 14.9 Å². The molecule has 0 bridgehead atoms. The Morgan fingerprint density at radius 1 is 1.39 bits per heavy atom. The molecule has 0 saturated carbocycles. The average molecular weight is 322 g/mol. The van der Waals surface area contributed by atoms with Crippen LogP contribution in [0.2, 0.25) is 0 Å². The van der Waals surface area contributed by atoms with E-state index in [0.29, 0.717) is 31.7 Å². The highest BCUT2D eigenvalue weighted by atomic mass is 19.3. The van der Waals surface area contributed by atoms with Crippen LogP contribution < -0.4 is 4.74 Å². The molecule has 1 aliphatic rings. The number of piperidine rings is 1. The largest absolute Gasteiger partial charge is 0.489 e. The zero-order valence-corrected chi connectivity index (χ0v) is 12.3. The minimum Gasteiger partial charge on any atom is -0.489 e. The molecular weight excluding hydrogens is 306 g/mol. The normalized spacial score (nSPS) is 15.9. The summed E-state index contributed by atoms with van der Waals surface area (Å²) in [7, 11) is 0. The van der Waals surface area contributed by atoms with Crippen molar-refractivity contribution in [2.45, 2.75) is 25.4 Å². The molecule has 0 aliphatic carbocycles. The van der Waals surface area contributed by atoms with Gasteiger partial charge in [-0.25, -0.2) is 8.78 Å². The summed E-state index contributed by atoms with van der Waals surface area (Å²) in [5.41, 5.74) is -0.324. The lowest BCUT2D eigenvalue weighted by Gasteiger charge is -2.31. The summed E-state index contributed by atoms with van der Waals surface area (Å²) < 4.78 is 30.9. The van der Waals surface area contributed by atoms with Crippen molar-refractivity contribution in [3.8, 4) is 5.75 Å². The van der Waals surface area contributed by atoms with Gasteiger partial charge < -0.3 is 9.64 Å². The summed E-state index contributed by atoms with van der Waals surface area (Å²) in [5, 5.41) is 5.85. The molecule has 1 N–H and O–H groups in total. The fourth-order valence-electron chi connectivity index (χ4n) is 2.51. The first-order valence-electron chi connectivity index (χ1n) is 7.33. The number of nitrogens with one attached hydrogen (secondary N) is 1. The zero-order valence-electron chi connectivity index (χ0n) is 12.3. The van der Waals surface area contributed by atoms with Crippen molar-refractivity contribution in [1.82, 2.24) is 20.1 Å². The first-order valence-corrected chi connectivity index (χ1v) is 7.33. The number of amides is 1. The molecule has 3 heterocycles. The van der Waals surface area contributed by atoms with Crippen molar-refractivity contribution < 1.29 is 18.3 Å². The lowest BCUT2D eigenvalue weighted by atomic mass is 10.1. The maximum absolute atomic E-state index is 12.5. The Hall–Kier alpha value is -2.51. The number of H-pyrrole nitrogens is 1. The summed E-state index contributed by atoms with van der Waals surface area (Å²) in [6.45, 7) is 1.00. The van der Waals surface area contributed by atoms with Gasteiger partial charge in [0.15, 0.2) is 5.69 Å². The number of likely N-dealkylation sites (tertiary alicyclic amines) is 1. The molecule has 122 valence electrons. The number of pyridine rings is 1. The number of aromatic nitrogens is 3. The molecule has 3 rings (SSSR count). The van der Waals surface area contributed by atoms with Gasteiger partial charge in [0, 0.05) is 32.1 Å². The number of carbonyl (C=O) groups excluding carboxylic acids is 1. The van der Waals surface area contributed by atoms with E-state index in [4.69, 9.17) is 4.74 Å². The number of ether oxygens (including phenoxy) is 1. The molecule has 1 fully saturated rings. The van der Waals surface area contributed by atoms with Crippen LogP contribution >= 0.6 is 0 Å². The Labute approximate surface area is 131 Å². The summed E-state index contributed by atoms with van der Waals surface area (Å²) in [4.78, 5) is 17.8. The predicted octanol–water partition coefficient (Wildman–Crippen LogP) is 2.43. The molecule has 0 aromatic carbocycles. The highest BCUT2D eigenvalue weighted by Gasteiger charge is 2.26. The Balaban J connectivity index is 1.54. The highest BCUT2D eigenvalue weighted by Crippen LogP contribution is 2.21.